The van der Waals surface area contributed by atoms with E-state index in [1.165, 1.54) is 10.8 Å². The van der Waals surface area contributed by atoms with E-state index in [2.05, 4.69) is 71.3 Å². The van der Waals surface area contributed by atoms with E-state index in [9.17, 15) is 5.11 Å². The van der Waals surface area contributed by atoms with Gasteiger partial charge in [-0.3, -0.25) is 0 Å². The van der Waals surface area contributed by atoms with Crippen LogP contribution in [0.3, 0.4) is 0 Å². The van der Waals surface area contributed by atoms with Crippen molar-refractivity contribution >= 4 is 56.7 Å². The number of para-hydroxylation sites is 3. The van der Waals surface area contributed by atoms with Gasteiger partial charge >= 0.3 is 7.48 Å². The van der Waals surface area contributed by atoms with Crippen molar-refractivity contribution in [2.45, 2.75) is 38.9 Å². The Morgan fingerprint density at radius 2 is 1.34 bits per heavy atom. The van der Waals surface area contributed by atoms with E-state index in [1.807, 2.05) is 32.0 Å². The van der Waals surface area contributed by atoms with Crippen molar-refractivity contribution in [3.8, 4) is 5.69 Å². The number of fused-ring (bicyclic) bond motifs is 6. The quantitative estimate of drug-likeness (QED) is 0.299. The average molecular weight is 460 g/mol. The number of hydrogen-bond donors (Lipinski definition) is 1. The van der Waals surface area contributed by atoms with Crippen LogP contribution in [0.25, 0.3) is 49.4 Å². The van der Waals surface area contributed by atoms with Crippen LogP contribution in [0.1, 0.15) is 27.7 Å². The standard InChI is InChI=1S/C30H27BNO3/c1-29(2,33)30(3,4)35-31-22-14-10-18-26-27(22)21-13-9-17-25(28(21)34-26)32-23-15-7-5-11-19(23)20-12-6-8-16-24(20)32/h5-18,33H,1-4H3. The number of benzene rings is 4. The molecule has 0 aliphatic heterocycles. The molecule has 0 unspecified atom stereocenters. The number of furan rings is 1. The monoisotopic (exact) mass is 460 g/mol. The lowest BCUT2D eigenvalue weighted by molar-refractivity contribution is -0.0893. The van der Waals surface area contributed by atoms with E-state index < -0.39 is 11.2 Å². The molecule has 0 saturated carbocycles. The number of aliphatic hydroxyl groups is 1. The summed E-state index contributed by atoms with van der Waals surface area (Å²) in [6.45, 7) is 7.29. The molecule has 5 heteroatoms. The van der Waals surface area contributed by atoms with Crippen LogP contribution in [0.4, 0.5) is 0 Å². The van der Waals surface area contributed by atoms with Crippen LogP contribution in [0.5, 0.6) is 0 Å². The maximum absolute atomic E-state index is 10.5. The number of aromatic nitrogens is 1. The van der Waals surface area contributed by atoms with Gasteiger partial charge in [-0.1, -0.05) is 60.7 Å². The highest BCUT2D eigenvalue weighted by atomic mass is 16.5. The molecule has 1 N–H and O–H groups in total. The fraction of sp³-hybridized carbons (Fsp3) is 0.200. The second-order valence-electron chi connectivity index (χ2n) is 10.2. The average Bonchev–Trinajstić information content (AvgIpc) is 3.38. The molecule has 0 saturated heterocycles. The van der Waals surface area contributed by atoms with Crippen molar-refractivity contribution in [3.05, 3.63) is 84.9 Å². The second kappa shape index (κ2) is 7.74. The van der Waals surface area contributed by atoms with Gasteiger partial charge in [0.25, 0.3) is 0 Å². The summed E-state index contributed by atoms with van der Waals surface area (Å²) >= 11 is 0. The minimum atomic E-state index is -1.00. The third kappa shape index (κ3) is 3.38. The molecule has 0 atom stereocenters. The summed E-state index contributed by atoms with van der Waals surface area (Å²) in [5, 5.41) is 15.0. The molecule has 0 aliphatic rings. The van der Waals surface area contributed by atoms with Crippen LogP contribution in [0.2, 0.25) is 0 Å². The minimum absolute atomic E-state index is 0.761. The Kier molecular flexibility index (Phi) is 4.86. The van der Waals surface area contributed by atoms with E-state index >= 15 is 0 Å². The van der Waals surface area contributed by atoms with Gasteiger partial charge in [0.15, 0.2) is 5.58 Å². The zero-order valence-electron chi connectivity index (χ0n) is 20.4. The van der Waals surface area contributed by atoms with Crippen molar-refractivity contribution in [2.75, 3.05) is 0 Å². The highest BCUT2D eigenvalue weighted by molar-refractivity contribution is 6.53. The maximum atomic E-state index is 10.5. The van der Waals surface area contributed by atoms with Gasteiger partial charge in [-0.15, -0.1) is 0 Å². The molecule has 4 aromatic carbocycles. The predicted octanol–water partition coefficient (Wildman–Crippen LogP) is 6.49. The van der Waals surface area contributed by atoms with Gasteiger partial charge in [0.05, 0.1) is 27.9 Å². The van der Waals surface area contributed by atoms with Crippen LogP contribution in [-0.4, -0.2) is 28.4 Å². The summed E-state index contributed by atoms with van der Waals surface area (Å²) < 4.78 is 14.9. The topological polar surface area (TPSA) is 47.5 Å². The van der Waals surface area contributed by atoms with E-state index in [0.717, 1.165) is 44.1 Å². The normalized spacial score (nSPS) is 12.8. The molecule has 6 aromatic rings. The van der Waals surface area contributed by atoms with Crippen LogP contribution in [0.15, 0.2) is 89.3 Å². The molecule has 2 heterocycles. The van der Waals surface area contributed by atoms with Crippen molar-refractivity contribution in [3.63, 3.8) is 0 Å². The first kappa shape index (κ1) is 22.0. The molecule has 0 aliphatic carbocycles. The molecule has 173 valence electrons. The van der Waals surface area contributed by atoms with E-state index in [0.29, 0.717) is 0 Å². The fourth-order valence-corrected chi connectivity index (χ4v) is 4.67. The first-order valence-electron chi connectivity index (χ1n) is 11.9. The van der Waals surface area contributed by atoms with Crippen molar-refractivity contribution in [2.24, 2.45) is 0 Å². The molecule has 6 rings (SSSR count). The Morgan fingerprint density at radius 3 is 2.00 bits per heavy atom. The van der Waals surface area contributed by atoms with Gasteiger partial charge in [0.1, 0.15) is 5.58 Å². The lowest BCUT2D eigenvalue weighted by Crippen LogP contribution is -2.49. The smallest absolute Gasteiger partial charge is 0.331 e. The molecule has 35 heavy (non-hydrogen) atoms. The molecule has 0 bridgehead atoms. The van der Waals surface area contributed by atoms with Gasteiger partial charge in [0.2, 0.25) is 0 Å². The van der Waals surface area contributed by atoms with E-state index in [1.54, 1.807) is 21.3 Å². The summed E-state index contributed by atoms with van der Waals surface area (Å²) in [6, 6.07) is 29.2. The molecule has 0 spiro atoms. The first-order valence-corrected chi connectivity index (χ1v) is 11.9. The first-order chi connectivity index (χ1) is 16.8. The third-order valence-corrected chi connectivity index (χ3v) is 7.31. The Morgan fingerprint density at radius 1 is 0.743 bits per heavy atom. The summed E-state index contributed by atoms with van der Waals surface area (Å²) in [4.78, 5) is 0. The predicted molar refractivity (Wildman–Crippen MR) is 145 cm³/mol. The van der Waals surface area contributed by atoms with E-state index in [-0.39, 0.29) is 0 Å². The number of rotatable bonds is 5. The summed E-state index contributed by atoms with van der Waals surface area (Å²) in [5.41, 5.74) is 4.07. The molecular formula is C30H27BNO3. The maximum Gasteiger partial charge on any atom is 0.331 e. The Bertz CT molecular complexity index is 1670. The molecule has 0 fully saturated rings. The number of nitrogens with zero attached hydrogens (tertiary/aromatic N) is 1. The fourth-order valence-electron chi connectivity index (χ4n) is 4.67. The van der Waals surface area contributed by atoms with Crippen LogP contribution in [-0.2, 0) is 4.65 Å². The highest BCUT2D eigenvalue weighted by Crippen LogP contribution is 2.37. The van der Waals surface area contributed by atoms with E-state index in [4.69, 9.17) is 9.07 Å². The Hall–Kier alpha value is -3.54. The molecule has 4 nitrogen and oxygen atoms in total. The van der Waals surface area contributed by atoms with Gasteiger partial charge in [-0.25, -0.2) is 0 Å². The van der Waals surface area contributed by atoms with Crippen LogP contribution >= 0.6 is 0 Å². The van der Waals surface area contributed by atoms with Gasteiger partial charge in [-0.2, -0.15) is 0 Å². The molecule has 1 radical (unpaired) electrons. The summed E-state index contributed by atoms with van der Waals surface area (Å²) in [5.74, 6) is 0. The second-order valence-corrected chi connectivity index (χ2v) is 10.2. The van der Waals surface area contributed by atoms with Crippen LogP contribution in [0, 0.1) is 0 Å². The highest BCUT2D eigenvalue weighted by Gasteiger charge is 2.36. The molecule has 2 aromatic heterocycles. The lowest BCUT2D eigenvalue weighted by Gasteiger charge is -2.37. The number of hydrogen-bond acceptors (Lipinski definition) is 3. The van der Waals surface area contributed by atoms with Crippen molar-refractivity contribution in [1.82, 2.24) is 4.57 Å². The van der Waals surface area contributed by atoms with Gasteiger partial charge in [-0.05, 0) is 57.4 Å². The Labute approximate surface area is 205 Å². The minimum Gasteiger partial charge on any atom is -0.454 e. The zero-order chi connectivity index (χ0) is 24.4. The zero-order valence-corrected chi connectivity index (χ0v) is 20.4. The third-order valence-electron chi connectivity index (χ3n) is 7.31. The SMILES string of the molecule is CC(C)(O)C(C)(C)O[B]c1cccc2oc3c(-n4c5ccccc5c5ccccc54)cccc3c12. The van der Waals surface area contributed by atoms with Gasteiger partial charge < -0.3 is 18.7 Å². The van der Waals surface area contributed by atoms with Crippen LogP contribution < -0.4 is 5.46 Å². The van der Waals surface area contributed by atoms with Gasteiger partial charge in [0, 0.05) is 21.5 Å². The Balaban J connectivity index is 1.57. The van der Waals surface area contributed by atoms with Crippen molar-refractivity contribution in [1.29, 1.82) is 0 Å². The molecular weight excluding hydrogens is 433 g/mol. The summed E-state index contributed by atoms with van der Waals surface area (Å²) in [7, 11) is 1.74. The largest absolute Gasteiger partial charge is 0.454 e. The molecule has 0 amide bonds. The lowest BCUT2D eigenvalue weighted by atomic mass is 9.80. The summed E-state index contributed by atoms with van der Waals surface area (Å²) in [6.07, 6.45) is 0. The van der Waals surface area contributed by atoms with Crippen molar-refractivity contribution < 1.29 is 14.2 Å².